The van der Waals surface area contributed by atoms with Gasteiger partial charge in [0.25, 0.3) is 0 Å². The first kappa shape index (κ1) is 23.2. The van der Waals surface area contributed by atoms with Crippen LogP contribution in [0.4, 0.5) is 16.2 Å². The smallest absolute Gasteiger partial charge is 0.414 e. The fourth-order valence-corrected chi connectivity index (χ4v) is 4.91. The summed E-state index contributed by atoms with van der Waals surface area (Å²) in [6, 6.07) is 19.5. The van der Waals surface area contributed by atoms with Gasteiger partial charge in [0.05, 0.1) is 36.5 Å². The Bertz CT molecular complexity index is 1250. The predicted octanol–water partition coefficient (Wildman–Crippen LogP) is 4.31. The van der Waals surface area contributed by atoms with E-state index in [9.17, 15) is 9.59 Å². The second-order valence-corrected chi connectivity index (χ2v) is 9.36. The number of nitrogens with zero attached hydrogens (tertiary/aromatic N) is 2. The number of ether oxygens (including phenoxy) is 2. The third-order valence-electron chi connectivity index (χ3n) is 5.90. The molecule has 2 aliphatic rings. The topological polar surface area (TPSA) is 92.8 Å². The molecule has 2 aliphatic heterocycles. The van der Waals surface area contributed by atoms with Crippen LogP contribution in [0.1, 0.15) is 12.1 Å². The lowest BCUT2D eigenvalue weighted by molar-refractivity contribution is -0.113. The van der Waals surface area contributed by atoms with Gasteiger partial charge in [0, 0.05) is 22.7 Å². The zero-order valence-corrected chi connectivity index (χ0v) is 20.1. The molecule has 3 aromatic rings. The normalized spacial score (nSPS) is 17.1. The van der Waals surface area contributed by atoms with Gasteiger partial charge < -0.3 is 20.1 Å². The van der Waals surface area contributed by atoms with Crippen LogP contribution >= 0.6 is 11.8 Å². The van der Waals surface area contributed by atoms with Crippen molar-refractivity contribution in [2.75, 3.05) is 36.2 Å². The molecule has 3 heterocycles. The number of rotatable bonds is 8. The van der Waals surface area contributed by atoms with Crippen molar-refractivity contribution in [3.05, 3.63) is 66.4 Å². The molecule has 2 aromatic carbocycles. The summed E-state index contributed by atoms with van der Waals surface area (Å²) in [5.74, 6) is 1.18. The lowest BCUT2D eigenvalue weighted by Crippen LogP contribution is -2.26. The van der Waals surface area contributed by atoms with E-state index < -0.39 is 0 Å². The Morgan fingerprint density at radius 3 is 2.94 bits per heavy atom. The highest BCUT2D eigenvalue weighted by molar-refractivity contribution is 8.00. The summed E-state index contributed by atoms with van der Waals surface area (Å²) in [4.78, 5) is 31.5. The molecule has 0 spiro atoms. The number of carbonyl (C=O) groups excluding carboxylic acids is 2. The van der Waals surface area contributed by atoms with Gasteiger partial charge in [0.15, 0.2) is 0 Å². The minimum atomic E-state index is -0.364. The van der Waals surface area contributed by atoms with Gasteiger partial charge in [-0.15, -0.1) is 11.8 Å². The Kier molecular flexibility index (Phi) is 6.87. The number of hydrogen-bond donors (Lipinski definition) is 2. The molecule has 5 rings (SSSR count). The van der Waals surface area contributed by atoms with Crippen LogP contribution in [0, 0.1) is 0 Å². The average Bonchev–Trinajstić information content (AvgIpc) is 3.26. The summed E-state index contributed by atoms with van der Waals surface area (Å²) in [7, 11) is 1.65. The highest BCUT2D eigenvalue weighted by Gasteiger charge is 2.32. The number of amides is 2. The van der Waals surface area contributed by atoms with E-state index in [1.807, 2.05) is 60.7 Å². The van der Waals surface area contributed by atoms with Crippen LogP contribution in [0.2, 0.25) is 0 Å². The highest BCUT2D eigenvalue weighted by atomic mass is 32.2. The van der Waals surface area contributed by atoms with Crippen molar-refractivity contribution in [2.24, 2.45) is 0 Å². The highest BCUT2D eigenvalue weighted by Crippen LogP contribution is 2.35. The summed E-state index contributed by atoms with van der Waals surface area (Å²) in [6.07, 6.45) is 0.124. The van der Waals surface area contributed by atoms with Gasteiger partial charge >= 0.3 is 6.09 Å². The van der Waals surface area contributed by atoms with Crippen molar-refractivity contribution in [3.63, 3.8) is 0 Å². The Morgan fingerprint density at radius 2 is 2.06 bits per heavy atom. The van der Waals surface area contributed by atoms with Crippen LogP contribution in [-0.4, -0.2) is 49.0 Å². The minimum absolute atomic E-state index is 0.0314. The molecule has 2 N–H and O–H groups in total. The fraction of sp³-hybridized carbons (Fsp3) is 0.269. The van der Waals surface area contributed by atoms with Crippen LogP contribution in [0.15, 0.2) is 65.6 Å². The molecule has 9 heteroatoms. The third kappa shape index (κ3) is 5.41. The molecular formula is C26H26N4O4S. The van der Waals surface area contributed by atoms with Crippen molar-refractivity contribution in [1.29, 1.82) is 0 Å². The molecule has 0 saturated carbocycles. The van der Waals surface area contributed by atoms with E-state index in [2.05, 4.69) is 10.6 Å². The molecular weight excluding hydrogens is 464 g/mol. The molecule has 0 aliphatic carbocycles. The Morgan fingerprint density at radius 1 is 1.17 bits per heavy atom. The quantitative estimate of drug-likeness (QED) is 0.455. The number of fused-ring (bicyclic) bond motifs is 1. The molecule has 1 atom stereocenters. The summed E-state index contributed by atoms with van der Waals surface area (Å²) in [6.45, 7) is 1.78. The summed E-state index contributed by atoms with van der Waals surface area (Å²) >= 11 is 1.50. The monoisotopic (exact) mass is 490 g/mol. The van der Waals surface area contributed by atoms with Gasteiger partial charge in [-0.2, -0.15) is 0 Å². The lowest BCUT2D eigenvalue weighted by atomic mass is 10.1. The maximum absolute atomic E-state index is 12.5. The lowest BCUT2D eigenvalue weighted by Gasteiger charge is -2.20. The van der Waals surface area contributed by atoms with Crippen molar-refractivity contribution in [1.82, 2.24) is 10.3 Å². The predicted molar refractivity (Wildman–Crippen MR) is 136 cm³/mol. The maximum atomic E-state index is 12.5. The van der Waals surface area contributed by atoms with E-state index in [1.54, 1.807) is 12.0 Å². The van der Waals surface area contributed by atoms with Crippen LogP contribution < -0.4 is 20.3 Å². The van der Waals surface area contributed by atoms with E-state index >= 15 is 0 Å². The van der Waals surface area contributed by atoms with Crippen LogP contribution in [-0.2, 0) is 16.1 Å². The van der Waals surface area contributed by atoms with E-state index in [1.165, 1.54) is 11.8 Å². The Labute approximate surface area is 208 Å². The molecule has 2 amide bonds. The Hall–Kier alpha value is -3.56. The number of aromatic nitrogens is 1. The van der Waals surface area contributed by atoms with Crippen molar-refractivity contribution in [2.45, 2.75) is 24.0 Å². The number of benzene rings is 2. The summed E-state index contributed by atoms with van der Waals surface area (Å²) < 4.78 is 10.9. The molecule has 1 saturated heterocycles. The molecule has 0 bridgehead atoms. The number of nitrogens with one attached hydrogen (secondary N) is 2. The number of carbonyl (C=O) groups is 2. The van der Waals surface area contributed by atoms with Gasteiger partial charge in [-0.25, -0.2) is 4.79 Å². The number of pyridine rings is 1. The van der Waals surface area contributed by atoms with Gasteiger partial charge in [0.1, 0.15) is 11.9 Å². The molecule has 8 nitrogen and oxygen atoms in total. The van der Waals surface area contributed by atoms with Gasteiger partial charge in [-0.1, -0.05) is 18.2 Å². The largest absolute Gasteiger partial charge is 0.497 e. The first-order valence-electron chi connectivity index (χ1n) is 11.4. The van der Waals surface area contributed by atoms with Crippen LogP contribution in [0.5, 0.6) is 5.75 Å². The second kappa shape index (κ2) is 10.4. The molecule has 0 unspecified atom stereocenters. The van der Waals surface area contributed by atoms with E-state index in [4.69, 9.17) is 14.5 Å². The number of methoxy groups -OCH3 is 1. The zero-order chi connectivity index (χ0) is 24.2. The number of thioether (sulfide) groups is 1. The van der Waals surface area contributed by atoms with Crippen molar-refractivity contribution < 1.29 is 19.1 Å². The van der Waals surface area contributed by atoms with Crippen LogP contribution in [0.3, 0.4) is 0 Å². The summed E-state index contributed by atoms with van der Waals surface area (Å²) in [5.41, 5.74) is 4.30. The standard InChI is InChI=1S/C26H26N4O4S/c1-33-20-6-2-4-17(12-20)22-7-3-5-18(28-22)14-27-11-10-21-15-30(26(32)34-21)19-8-9-24-23(13-19)29-25(31)16-35-24/h2-9,12-13,21,27H,10-11,14-16H2,1H3,(H,29,31)/t21-/m1/s1. The molecule has 0 radical (unpaired) electrons. The number of anilines is 2. The SMILES string of the molecule is COc1cccc(-c2cccc(CNCC[C@@H]3CN(c4ccc5c(c4)NC(=O)CS5)C(=O)O3)n2)c1. The van der Waals surface area contributed by atoms with E-state index in [0.29, 0.717) is 31.8 Å². The fourth-order valence-electron chi connectivity index (χ4n) is 4.12. The number of cyclic esters (lactones) is 1. The first-order valence-corrected chi connectivity index (χ1v) is 12.4. The second-order valence-electron chi connectivity index (χ2n) is 8.35. The first-order chi connectivity index (χ1) is 17.1. The van der Waals surface area contributed by atoms with Crippen molar-refractivity contribution in [3.8, 4) is 17.0 Å². The molecule has 35 heavy (non-hydrogen) atoms. The molecule has 180 valence electrons. The summed E-state index contributed by atoms with van der Waals surface area (Å²) in [5, 5.41) is 6.26. The maximum Gasteiger partial charge on any atom is 0.414 e. The van der Waals surface area contributed by atoms with Gasteiger partial charge in [-0.3, -0.25) is 14.7 Å². The van der Waals surface area contributed by atoms with E-state index in [0.717, 1.165) is 39.0 Å². The third-order valence-corrected chi connectivity index (χ3v) is 6.98. The Balaban J connectivity index is 1.13. The zero-order valence-electron chi connectivity index (χ0n) is 19.3. The van der Waals surface area contributed by atoms with Crippen molar-refractivity contribution >= 4 is 35.1 Å². The minimum Gasteiger partial charge on any atom is -0.497 e. The molecule has 1 fully saturated rings. The number of hydrogen-bond acceptors (Lipinski definition) is 7. The van der Waals surface area contributed by atoms with Gasteiger partial charge in [0.2, 0.25) is 5.91 Å². The average molecular weight is 491 g/mol. The van der Waals surface area contributed by atoms with Crippen LogP contribution in [0.25, 0.3) is 11.3 Å². The van der Waals surface area contributed by atoms with E-state index in [-0.39, 0.29) is 18.1 Å². The van der Waals surface area contributed by atoms with Gasteiger partial charge in [-0.05, 0) is 55.4 Å². The molecule has 1 aromatic heterocycles.